The number of anilines is 1. The Hall–Kier alpha value is -1.10. The molecule has 0 aliphatic rings. The topological polar surface area (TPSA) is 12.0 Å². The van der Waals surface area contributed by atoms with Crippen LogP contribution in [0.3, 0.4) is 0 Å². The fourth-order valence-corrected chi connectivity index (χ4v) is 2.17. The largest absolute Gasteiger partial charge is 0.381 e. The van der Waals surface area contributed by atoms with Gasteiger partial charge in [0, 0.05) is 15.8 Å². The summed E-state index contributed by atoms with van der Waals surface area (Å²) < 4.78 is 14.3. The van der Waals surface area contributed by atoms with E-state index in [-0.39, 0.29) is 5.82 Å². The molecular weight excluding hydrogens is 328 g/mol. The molecule has 3 heteroatoms. The molecule has 0 spiro atoms. The molecule has 0 amide bonds. The van der Waals surface area contributed by atoms with Crippen LogP contribution in [-0.4, -0.2) is 0 Å². The van der Waals surface area contributed by atoms with Crippen LogP contribution in [-0.2, 0) is 6.54 Å². The summed E-state index contributed by atoms with van der Waals surface area (Å²) in [5, 5.41) is 3.30. The fourth-order valence-electron chi connectivity index (χ4n) is 1.63. The highest BCUT2D eigenvalue weighted by Crippen LogP contribution is 2.15. The number of halogens is 2. The first-order valence-electron chi connectivity index (χ1n) is 5.39. The Morgan fingerprint density at radius 2 is 2.00 bits per heavy atom. The first-order chi connectivity index (χ1) is 8.15. The first-order valence-corrected chi connectivity index (χ1v) is 6.47. The molecule has 17 heavy (non-hydrogen) atoms. The maximum absolute atomic E-state index is 13.1. The molecule has 0 aromatic heterocycles. The average Bonchev–Trinajstić information content (AvgIpc) is 2.30. The normalized spacial score (nSPS) is 10.3. The van der Waals surface area contributed by atoms with Crippen molar-refractivity contribution in [2.45, 2.75) is 13.5 Å². The fraction of sp³-hybridized carbons (Fsp3) is 0.143. The summed E-state index contributed by atoms with van der Waals surface area (Å²) in [6.07, 6.45) is 0. The maximum atomic E-state index is 13.1. The van der Waals surface area contributed by atoms with Gasteiger partial charge in [0.1, 0.15) is 5.82 Å². The monoisotopic (exact) mass is 341 g/mol. The lowest BCUT2D eigenvalue weighted by Gasteiger charge is -2.09. The maximum Gasteiger partial charge on any atom is 0.123 e. The number of nitrogens with one attached hydrogen (secondary N) is 1. The van der Waals surface area contributed by atoms with Gasteiger partial charge in [-0.15, -0.1) is 0 Å². The van der Waals surface area contributed by atoms with Crippen LogP contribution in [0.1, 0.15) is 11.1 Å². The zero-order valence-corrected chi connectivity index (χ0v) is 11.7. The number of aryl methyl sites for hydroxylation is 1. The Labute approximate surface area is 114 Å². The second kappa shape index (κ2) is 5.49. The second-order valence-corrected chi connectivity index (χ2v) is 5.18. The molecular formula is C14H13FIN. The van der Waals surface area contributed by atoms with Gasteiger partial charge >= 0.3 is 0 Å². The van der Waals surface area contributed by atoms with Crippen molar-refractivity contribution in [2.75, 3.05) is 5.32 Å². The molecule has 0 radical (unpaired) electrons. The summed E-state index contributed by atoms with van der Waals surface area (Å²) in [6, 6.07) is 13.0. The van der Waals surface area contributed by atoms with E-state index in [1.54, 1.807) is 12.1 Å². The quantitative estimate of drug-likeness (QED) is 0.819. The minimum Gasteiger partial charge on any atom is -0.381 e. The van der Waals surface area contributed by atoms with Crippen molar-refractivity contribution < 1.29 is 4.39 Å². The molecule has 0 aliphatic carbocycles. The van der Waals surface area contributed by atoms with Crippen molar-refractivity contribution in [3.8, 4) is 0 Å². The average molecular weight is 341 g/mol. The third kappa shape index (κ3) is 3.43. The molecule has 0 saturated heterocycles. The SMILES string of the molecule is Cc1ccc(F)cc1CNc1cccc(I)c1. The number of hydrogen-bond acceptors (Lipinski definition) is 1. The molecule has 0 bridgehead atoms. The molecule has 2 aromatic carbocycles. The van der Waals surface area contributed by atoms with Crippen molar-refractivity contribution in [1.29, 1.82) is 0 Å². The molecule has 0 unspecified atom stereocenters. The van der Waals surface area contributed by atoms with E-state index < -0.39 is 0 Å². The third-order valence-corrected chi connectivity index (χ3v) is 3.29. The van der Waals surface area contributed by atoms with Crippen LogP contribution in [0.5, 0.6) is 0 Å². The summed E-state index contributed by atoms with van der Waals surface area (Å²) in [4.78, 5) is 0. The number of hydrogen-bond donors (Lipinski definition) is 1. The van der Waals surface area contributed by atoms with E-state index in [0.29, 0.717) is 6.54 Å². The van der Waals surface area contributed by atoms with Gasteiger partial charge in [-0.2, -0.15) is 0 Å². The summed E-state index contributed by atoms with van der Waals surface area (Å²) in [6.45, 7) is 2.63. The van der Waals surface area contributed by atoms with Crippen molar-refractivity contribution in [3.05, 3.63) is 63.0 Å². The minimum absolute atomic E-state index is 0.185. The summed E-state index contributed by atoms with van der Waals surface area (Å²) >= 11 is 2.27. The Morgan fingerprint density at radius 3 is 2.76 bits per heavy atom. The summed E-state index contributed by atoms with van der Waals surface area (Å²) in [7, 11) is 0. The Bertz CT molecular complexity index is 525. The van der Waals surface area contributed by atoms with Crippen LogP contribution in [0, 0.1) is 16.3 Å². The van der Waals surface area contributed by atoms with Gasteiger partial charge in [-0.05, 0) is 71.0 Å². The van der Waals surface area contributed by atoms with Crippen molar-refractivity contribution >= 4 is 28.3 Å². The molecule has 0 atom stereocenters. The highest BCUT2D eigenvalue weighted by Gasteiger charge is 2.00. The summed E-state index contributed by atoms with van der Waals surface area (Å²) in [5.41, 5.74) is 3.15. The van der Waals surface area contributed by atoms with Gasteiger partial charge in [-0.3, -0.25) is 0 Å². The van der Waals surface area contributed by atoms with Crippen molar-refractivity contribution in [1.82, 2.24) is 0 Å². The Balaban J connectivity index is 2.09. The molecule has 2 aromatic rings. The van der Waals surface area contributed by atoms with E-state index >= 15 is 0 Å². The third-order valence-electron chi connectivity index (χ3n) is 2.62. The highest BCUT2D eigenvalue weighted by molar-refractivity contribution is 14.1. The van der Waals surface area contributed by atoms with E-state index in [1.807, 2.05) is 25.1 Å². The highest BCUT2D eigenvalue weighted by atomic mass is 127. The van der Waals surface area contributed by atoms with Crippen molar-refractivity contribution in [3.63, 3.8) is 0 Å². The second-order valence-electron chi connectivity index (χ2n) is 3.93. The molecule has 0 heterocycles. The van der Waals surface area contributed by atoms with Gasteiger partial charge in [-0.1, -0.05) is 12.1 Å². The van der Waals surface area contributed by atoms with Gasteiger partial charge in [0.15, 0.2) is 0 Å². The predicted molar refractivity (Wildman–Crippen MR) is 77.6 cm³/mol. The number of rotatable bonds is 3. The van der Waals surface area contributed by atoms with Crippen LogP contribution in [0.15, 0.2) is 42.5 Å². The zero-order chi connectivity index (χ0) is 12.3. The zero-order valence-electron chi connectivity index (χ0n) is 9.50. The van der Waals surface area contributed by atoms with Crippen LogP contribution in [0.2, 0.25) is 0 Å². The van der Waals surface area contributed by atoms with E-state index in [1.165, 1.54) is 9.64 Å². The standard InChI is InChI=1S/C14H13FIN/c1-10-5-6-12(15)7-11(10)9-17-14-4-2-3-13(16)8-14/h2-8,17H,9H2,1H3. The molecule has 1 nitrogen and oxygen atoms in total. The van der Waals surface area contributed by atoms with Crippen LogP contribution >= 0.6 is 22.6 Å². The van der Waals surface area contributed by atoms with Crippen molar-refractivity contribution in [2.24, 2.45) is 0 Å². The molecule has 0 fully saturated rings. The van der Waals surface area contributed by atoms with Crippen LogP contribution in [0.25, 0.3) is 0 Å². The molecule has 0 saturated carbocycles. The van der Waals surface area contributed by atoms with Gasteiger partial charge < -0.3 is 5.32 Å². The van der Waals surface area contributed by atoms with E-state index in [0.717, 1.165) is 16.8 Å². The van der Waals surface area contributed by atoms with Crippen LogP contribution < -0.4 is 5.32 Å². The Morgan fingerprint density at radius 1 is 1.18 bits per heavy atom. The smallest absolute Gasteiger partial charge is 0.123 e. The van der Waals surface area contributed by atoms with Gasteiger partial charge in [-0.25, -0.2) is 4.39 Å². The molecule has 2 rings (SSSR count). The first kappa shape index (κ1) is 12.4. The molecule has 1 N–H and O–H groups in total. The lowest BCUT2D eigenvalue weighted by molar-refractivity contribution is 0.625. The lowest BCUT2D eigenvalue weighted by atomic mass is 10.1. The summed E-state index contributed by atoms with van der Waals surface area (Å²) in [5.74, 6) is -0.185. The van der Waals surface area contributed by atoms with Gasteiger partial charge in [0.25, 0.3) is 0 Å². The van der Waals surface area contributed by atoms with Crippen LogP contribution in [0.4, 0.5) is 10.1 Å². The van der Waals surface area contributed by atoms with E-state index in [4.69, 9.17) is 0 Å². The molecule has 88 valence electrons. The molecule has 0 aliphatic heterocycles. The van der Waals surface area contributed by atoms with Gasteiger partial charge in [0.05, 0.1) is 0 Å². The minimum atomic E-state index is -0.185. The van der Waals surface area contributed by atoms with E-state index in [9.17, 15) is 4.39 Å². The predicted octanol–water partition coefficient (Wildman–Crippen LogP) is 4.35. The van der Waals surface area contributed by atoms with Gasteiger partial charge in [0.2, 0.25) is 0 Å². The van der Waals surface area contributed by atoms with E-state index in [2.05, 4.69) is 34.0 Å². The lowest BCUT2D eigenvalue weighted by Crippen LogP contribution is -2.01. The Kier molecular flexibility index (Phi) is 3.99. The number of benzene rings is 2.